The second kappa shape index (κ2) is 8.51. The number of ether oxygens (including phenoxy) is 1. The number of aliphatic hydroxyl groups excluding tert-OH is 1. The molecule has 2 rings (SSSR count). The zero-order valence-corrected chi connectivity index (χ0v) is 13.6. The first-order valence-corrected chi connectivity index (χ1v) is 8.05. The summed E-state index contributed by atoms with van der Waals surface area (Å²) in [5.74, 6) is 0. The van der Waals surface area contributed by atoms with Crippen LogP contribution in [0.2, 0.25) is 4.34 Å². The monoisotopic (exact) mass is 325 g/mol. The number of thiophene rings is 1. The quantitative estimate of drug-likeness (QED) is 0.807. The largest absolute Gasteiger partial charge is 0.389 e. The van der Waals surface area contributed by atoms with Crippen LogP contribution in [-0.4, -0.2) is 36.3 Å². The highest BCUT2D eigenvalue weighted by Gasteiger charge is 2.10. The van der Waals surface area contributed by atoms with Crippen LogP contribution in [0.15, 0.2) is 42.5 Å². The van der Waals surface area contributed by atoms with Gasteiger partial charge in [0.1, 0.15) is 0 Å². The normalized spacial score (nSPS) is 12.8. The SMILES string of the molecule is CN(Cc1ccc(Cl)s1)CC(O)COCc1ccccc1. The van der Waals surface area contributed by atoms with Gasteiger partial charge in [0.2, 0.25) is 0 Å². The molecule has 0 aliphatic heterocycles. The van der Waals surface area contributed by atoms with Crippen LogP contribution in [0.5, 0.6) is 0 Å². The summed E-state index contributed by atoms with van der Waals surface area (Å²) in [4.78, 5) is 3.26. The van der Waals surface area contributed by atoms with Gasteiger partial charge in [-0.2, -0.15) is 0 Å². The molecule has 0 saturated heterocycles. The molecule has 0 fully saturated rings. The van der Waals surface area contributed by atoms with E-state index in [0.717, 1.165) is 16.4 Å². The summed E-state index contributed by atoms with van der Waals surface area (Å²) in [6.07, 6.45) is -0.492. The Balaban J connectivity index is 1.65. The number of nitrogens with zero attached hydrogens (tertiary/aromatic N) is 1. The van der Waals surface area contributed by atoms with Gasteiger partial charge >= 0.3 is 0 Å². The van der Waals surface area contributed by atoms with Gasteiger partial charge in [0.05, 0.1) is 23.7 Å². The van der Waals surface area contributed by atoms with Crippen molar-refractivity contribution in [2.45, 2.75) is 19.3 Å². The van der Waals surface area contributed by atoms with E-state index in [-0.39, 0.29) is 0 Å². The van der Waals surface area contributed by atoms with Crippen molar-refractivity contribution < 1.29 is 9.84 Å². The molecule has 0 spiro atoms. The summed E-state index contributed by atoms with van der Waals surface area (Å²) in [6.45, 7) is 2.23. The number of likely N-dealkylation sites (N-methyl/N-ethyl adjacent to an activating group) is 1. The Morgan fingerprint density at radius 2 is 2.00 bits per heavy atom. The van der Waals surface area contributed by atoms with Gasteiger partial charge < -0.3 is 9.84 Å². The molecule has 3 nitrogen and oxygen atoms in total. The van der Waals surface area contributed by atoms with Gasteiger partial charge in [0, 0.05) is 18.0 Å². The van der Waals surface area contributed by atoms with Crippen LogP contribution in [0.4, 0.5) is 0 Å². The van der Waals surface area contributed by atoms with E-state index in [1.165, 1.54) is 4.88 Å². The van der Waals surface area contributed by atoms with E-state index in [9.17, 15) is 5.11 Å². The maximum absolute atomic E-state index is 9.99. The number of aliphatic hydroxyl groups is 1. The lowest BCUT2D eigenvalue weighted by atomic mass is 10.2. The standard InChI is InChI=1S/C16H20ClNO2S/c1-18(10-15-7-8-16(17)21-15)9-14(19)12-20-11-13-5-3-2-4-6-13/h2-8,14,19H,9-12H2,1H3. The molecule has 5 heteroatoms. The Morgan fingerprint density at radius 3 is 2.67 bits per heavy atom. The molecule has 0 saturated carbocycles. The minimum Gasteiger partial charge on any atom is -0.389 e. The van der Waals surface area contributed by atoms with Crippen LogP contribution in [-0.2, 0) is 17.9 Å². The Morgan fingerprint density at radius 1 is 1.24 bits per heavy atom. The van der Waals surface area contributed by atoms with Crippen LogP contribution < -0.4 is 0 Å². The highest BCUT2D eigenvalue weighted by molar-refractivity contribution is 7.16. The van der Waals surface area contributed by atoms with Gasteiger partial charge in [-0.25, -0.2) is 0 Å². The van der Waals surface area contributed by atoms with Crippen LogP contribution in [0.3, 0.4) is 0 Å². The van der Waals surface area contributed by atoms with Crippen molar-refractivity contribution in [2.24, 2.45) is 0 Å². The van der Waals surface area contributed by atoms with Crippen LogP contribution >= 0.6 is 22.9 Å². The molecular formula is C16H20ClNO2S. The first-order chi connectivity index (χ1) is 10.1. The van der Waals surface area contributed by atoms with Gasteiger partial charge in [-0.3, -0.25) is 4.90 Å². The highest BCUT2D eigenvalue weighted by Crippen LogP contribution is 2.22. The molecule has 1 unspecified atom stereocenters. The summed E-state index contributed by atoms with van der Waals surface area (Å²) >= 11 is 7.48. The zero-order chi connectivity index (χ0) is 15.1. The second-order valence-corrected chi connectivity index (χ2v) is 6.86. The number of rotatable bonds is 8. The maximum Gasteiger partial charge on any atom is 0.0931 e. The smallest absolute Gasteiger partial charge is 0.0931 e. The third-order valence-electron chi connectivity index (χ3n) is 3.00. The zero-order valence-electron chi connectivity index (χ0n) is 12.0. The van der Waals surface area contributed by atoms with Crippen molar-refractivity contribution in [3.05, 3.63) is 57.2 Å². The number of hydrogen-bond acceptors (Lipinski definition) is 4. The fourth-order valence-corrected chi connectivity index (χ4v) is 3.23. The number of benzene rings is 1. The highest BCUT2D eigenvalue weighted by atomic mass is 35.5. The van der Waals surface area contributed by atoms with Crippen molar-refractivity contribution in [1.82, 2.24) is 4.90 Å². The van der Waals surface area contributed by atoms with Crippen molar-refractivity contribution in [3.63, 3.8) is 0 Å². The molecule has 21 heavy (non-hydrogen) atoms. The average molecular weight is 326 g/mol. The Labute approximate surface area is 134 Å². The predicted octanol–water partition coefficient (Wildman–Crippen LogP) is 3.41. The minimum atomic E-state index is -0.492. The average Bonchev–Trinajstić information content (AvgIpc) is 2.85. The fourth-order valence-electron chi connectivity index (χ4n) is 2.07. The van der Waals surface area contributed by atoms with E-state index in [4.69, 9.17) is 16.3 Å². The van der Waals surface area contributed by atoms with Crippen molar-refractivity contribution in [3.8, 4) is 0 Å². The van der Waals surface area contributed by atoms with Gasteiger partial charge in [-0.15, -0.1) is 11.3 Å². The van der Waals surface area contributed by atoms with Crippen LogP contribution in [0.1, 0.15) is 10.4 Å². The molecule has 1 heterocycles. The molecule has 1 N–H and O–H groups in total. The third-order valence-corrected chi connectivity index (χ3v) is 4.21. The van der Waals surface area contributed by atoms with E-state index in [1.807, 2.05) is 49.5 Å². The van der Waals surface area contributed by atoms with Crippen molar-refractivity contribution in [1.29, 1.82) is 0 Å². The van der Waals surface area contributed by atoms with Crippen molar-refractivity contribution >= 4 is 22.9 Å². The predicted molar refractivity (Wildman–Crippen MR) is 87.8 cm³/mol. The molecule has 0 radical (unpaired) electrons. The van der Waals surface area contributed by atoms with Gasteiger partial charge in [-0.05, 0) is 24.7 Å². The lowest BCUT2D eigenvalue weighted by Crippen LogP contribution is -2.31. The number of hydrogen-bond donors (Lipinski definition) is 1. The first kappa shape index (κ1) is 16.5. The lowest BCUT2D eigenvalue weighted by molar-refractivity contribution is 0.0128. The van der Waals surface area contributed by atoms with E-state index < -0.39 is 6.10 Å². The third kappa shape index (κ3) is 6.16. The molecule has 1 aromatic heterocycles. The van der Waals surface area contributed by atoms with Crippen molar-refractivity contribution in [2.75, 3.05) is 20.2 Å². The summed E-state index contributed by atoms with van der Waals surface area (Å²) in [7, 11) is 1.98. The van der Waals surface area contributed by atoms with Gasteiger partial charge in [-0.1, -0.05) is 41.9 Å². The minimum absolute atomic E-state index is 0.338. The van der Waals surface area contributed by atoms with Crippen LogP contribution in [0, 0.1) is 0 Å². The topological polar surface area (TPSA) is 32.7 Å². The first-order valence-electron chi connectivity index (χ1n) is 6.86. The Kier molecular flexibility index (Phi) is 6.67. The fraction of sp³-hybridized carbons (Fsp3) is 0.375. The molecule has 1 atom stereocenters. The van der Waals surface area contributed by atoms with Crippen LogP contribution in [0.25, 0.3) is 0 Å². The summed E-state index contributed by atoms with van der Waals surface area (Å²) < 4.78 is 6.34. The molecule has 0 bridgehead atoms. The molecule has 2 aromatic rings. The molecule has 1 aromatic carbocycles. The van der Waals surface area contributed by atoms with E-state index in [2.05, 4.69) is 4.90 Å². The van der Waals surface area contributed by atoms with Gasteiger partial charge in [0.15, 0.2) is 0 Å². The molecule has 0 amide bonds. The molecular weight excluding hydrogens is 306 g/mol. The summed E-state index contributed by atoms with van der Waals surface area (Å²) in [5, 5.41) is 9.99. The maximum atomic E-state index is 9.99. The molecule has 114 valence electrons. The summed E-state index contributed by atoms with van der Waals surface area (Å²) in [6, 6.07) is 13.9. The van der Waals surface area contributed by atoms with E-state index >= 15 is 0 Å². The van der Waals surface area contributed by atoms with E-state index in [1.54, 1.807) is 11.3 Å². The Hall–Kier alpha value is -0.910. The number of halogens is 1. The molecule has 0 aliphatic carbocycles. The van der Waals surface area contributed by atoms with Gasteiger partial charge in [0.25, 0.3) is 0 Å². The second-order valence-electron chi connectivity index (χ2n) is 5.06. The molecule has 0 aliphatic rings. The van der Waals surface area contributed by atoms with E-state index in [0.29, 0.717) is 19.8 Å². The lowest BCUT2D eigenvalue weighted by Gasteiger charge is -2.19. The Bertz CT molecular complexity index is 532. The summed E-state index contributed by atoms with van der Waals surface area (Å²) in [5.41, 5.74) is 1.12.